The van der Waals surface area contributed by atoms with Gasteiger partial charge in [-0.15, -0.1) is 0 Å². The van der Waals surface area contributed by atoms with Crippen molar-refractivity contribution in [3.05, 3.63) is 136 Å². The lowest BCUT2D eigenvalue weighted by Crippen LogP contribution is -2.56. The highest BCUT2D eigenvalue weighted by atomic mass is 19.4. The number of anilines is 1. The van der Waals surface area contributed by atoms with Gasteiger partial charge in [-0.2, -0.15) is 13.2 Å². The Morgan fingerprint density at radius 3 is 2.47 bits per heavy atom. The van der Waals surface area contributed by atoms with Crippen LogP contribution in [0, 0.1) is 5.82 Å². The monoisotopic (exact) mass is 677 g/mol. The maximum Gasteiger partial charge on any atom is 0.421 e. The third kappa shape index (κ3) is 7.45. The summed E-state index contributed by atoms with van der Waals surface area (Å²) in [6.07, 6.45) is -2.47. The zero-order chi connectivity index (χ0) is 35.2. The number of aromatic nitrogens is 4. The Balaban J connectivity index is 0.000000357. The Hall–Kier alpha value is -5.60. The number of pyridine rings is 2. The summed E-state index contributed by atoms with van der Waals surface area (Å²) in [5.41, 5.74) is -2.78. The lowest BCUT2D eigenvalue weighted by molar-refractivity contribution is -0.281. The molecule has 2 atom stereocenters. The second kappa shape index (κ2) is 14.7. The van der Waals surface area contributed by atoms with Gasteiger partial charge in [0.25, 0.3) is 5.56 Å². The maximum atomic E-state index is 14.6. The molecule has 10 nitrogen and oxygen atoms in total. The van der Waals surface area contributed by atoms with Gasteiger partial charge in [-0.1, -0.05) is 30.3 Å². The van der Waals surface area contributed by atoms with Crippen molar-refractivity contribution in [1.82, 2.24) is 19.5 Å². The van der Waals surface area contributed by atoms with Crippen molar-refractivity contribution < 1.29 is 32.1 Å². The largest absolute Gasteiger partial charge is 0.494 e. The summed E-state index contributed by atoms with van der Waals surface area (Å²) in [6.45, 7) is 0.277. The number of para-hydroxylation sites is 1. The average Bonchev–Trinajstić information content (AvgIpc) is 3.09. The molecular weight excluding hydrogens is 646 g/mol. The number of aliphatic hydroxyl groups is 1. The number of ether oxygens (including phenoxy) is 2. The first-order valence-electron chi connectivity index (χ1n) is 14.9. The second-order valence-electron chi connectivity index (χ2n) is 10.8. The Morgan fingerprint density at radius 2 is 1.78 bits per heavy atom. The van der Waals surface area contributed by atoms with Crippen molar-refractivity contribution in [2.45, 2.75) is 24.7 Å². The molecule has 6 rings (SSSR count). The third-order valence-electron chi connectivity index (χ3n) is 7.67. The highest BCUT2D eigenvalue weighted by Crippen LogP contribution is 2.43. The SMILES string of the molecule is CCOCC(O)(C(Nc1cccc2c1ccc(=O)n2-c1ccncn1)c1ccc(OC)c(F)c1)C(F)(F)F.O=c1ccc2ccccc2[nH]1. The van der Waals surface area contributed by atoms with Gasteiger partial charge in [-0.25, -0.2) is 14.4 Å². The number of alkyl halides is 3. The van der Waals surface area contributed by atoms with E-state index in [2.05, 4.69) is 20.3 Å². The molecule has 0 bridgehead atoms. The molecular formula is C35H31F4N5O5. The van der Waals surface area contributed by atoms with Crippen LogP contribution in [0.15, 0.2) is 113 Å². The van der Waals surface area contributed by atoms with Crippen molar-refractivity contribution in [2.75, 3.05) is 25.6 Å². The normalized spacial score (nSPS) is 13.3. The molecule has 6 aromatic rings. The number of methoxy groups -OCH3 is 1. The Morgan fingerprint density at radius 1 is 0.980 bits per heavy atom. The molecule has 2 unspecified atom stereocenters. The van der Waals surface area contributed by atoms with Crippen LogP contribution in [0.1, 0.15) is 18.5 Å². The van der Waals surface area contributed by atoms with Crippen LogP contribution in [-0.2, 0) is 4.74 Å². The van der Waals surface area contributed by atoms with E-state index in [1.807, 2.05) is 30.3 Å². The van der Waals surface area contributed by atoms with Crippen LogP contribution >= 0.6 is 0 Å². The molecule has 3 heterocycles. The van der Waals surface area contributed by atoms with Crippen LogP contribution in [0.2, 0.25) is 0 Å². The van der Waals surface area contributed by atoms with Gasteiger partial charge < -0.3 is 24.9 Å². The number of nitrogens with one attached hydrogen (secondary N) is 2. The Bertz CT molecular complexity index is 2180. The number of H-pyrrole nitrogens is 1. The zero-order valence-electron chi connectivity index (χ0n) is 26.2. The summed E-state index contributed by atoms with van der Waals surface area (Å²) in [7, 11) is 1.22. The van der Waals surface area contributed by atoms with Crippen LogP contribution in [0.4, 0.5) is 23.2 Å². The van der Waals surface area contributed by atoms with Crippen LogP contribution in [-0.4, -0.2) is 56.7 Å². The van der Waals surface area contributed by atoms with Crippen molar-refractivity contribution in [1.29, 1.82) is 0 Å². The summed E-state index contributed by atoms with van der Waals surface area (Å²) in [6, 6.07) is 21.2. The molecule has 0 aliphatic carbocycles. The number of rotatable bonds is 9. The van der Waals surface area contributed by atoms with Gasteiger partial charge in [0.1, 0.15) is 12.1 Å². The number of nitrogens with zero attached hydrogens (tertiary/aromatic N) is 3. The lowest BCUT2D eigenvalue weighted by atomic mass is 9.87. The first-order valence-corrected chi connectivity index (χ1v) is 14.9. The van der Waals surface area contributed by atoms with E-state index in [0.717, 1.165) is 17.0 Å². The fourth-order valence-corrected chi connectivity index (χ4v) is 5.23. The predicted molar refractivity (Wildman–Crippen MR) is 177 cm³/mol. The van der Waals surface area contributed by atoms with E-state index in [9.17, 15) is 32.3 Å². The Labute approximate surface area is 276 Å². The highest BCUT2D eigenvalue weighted by molar-refractivity contribution is 5.92. The minimum Gasteiger partial charge on any atom is -0.494 e. The first-order chi connectivity index (χ1) is 23.5. The zero-order valence-corrected chi connectivity index (χ0v) is 26.2. The molecule has 3 aromatic heterocycles. The number of fused-ring (bicyclic) bond motifs is 2. The van der Waals surface area contributed by atoms with Crippen LogP contribution in [0.25, 0.3) is 27.6 Å². The molecule has 3 N–H and O–H groups in total. The van der Waals surface area contributed by atoms with Gasteiger partial charge in [0, 0.05) is 41.5 Å². The average molecular weight is 678 g/mol. The van der Waals surface area contributed by atoms with Crippen LogP contribution in [0.3, 0.4) is 0 Å². The molecule has 0 amide bonds. The topological polar surface area (TPSA) is 131 Å². The van der Waals surface area contributed by atoms with Gasteiger partial charge in [0.05, 0.1) is 25.3 Å². The smallest absolute Gasteiger partial charge is 0.421 e. The van der Waals surface area contributed by atoms with E-state index in [1.54, 1.807) is 6.07 Å². The van der Waals surface area contributed by atoms with Crippen molar-refractivity contribution in [2.24, 2.45) is 0 Å². The fourth-order valence-electron chi connectivity index (χ4n) is 5.23. The van der Waals surface area contributed by atoms with Gasteiger partial charge in [0.15, 0.2) is 11.6 Å². The van der Waals surface area contributed by atoms with Crippen molar-refractivity contribution in [3.8, 4) is 11.6 Å². The highest BCUT2D eigenvalue weighted by Gasteiger charge is 2.59. The first kappa shape index (κ1) is 34.7. The quantitative estimate of drug-likeness (QED) is 0.160. The van der Waals surface area contributed by atoms with E-state index < -0.39 is 35.8 Å². The fraction of sp³-hybridized carbons (Fsp3) is 0.200. The number of benzene rings is 3. The van der Waals surface area contributed by atoms with Gasteiger partial charge >= 0.3 is 6.18 Å². The molecule has 0 aliphatic rings. The number of hydrogen-bond acceptors (Lipinski definition) is 8. The molecule has 0 spiro atoms. The minimum atomic E-state index is -5.18. The van der Waals surface area contributed by atoms with E-state index in [4.69, 9.17) is 9.47 Å². The third-order valence-corrected chi connectivity index (χ3v) is 7.67. The molecule has 0 radical (unpaired) electrons. The maximum absolute atomic E-state index is 14.6. The standard InChI is InChI=1S/C26H24F4N4O4.C9H7NO/c1-3-38-14-25(36,26(28,29)30)24(16-7-9-21(37-2)18(27)13-16)33-19-5-4-6-20-17(19)8-10-23(35)34(20)22-11-12-31-15-32-22;11-9-6-5-7-3-1-2-4-8(7)10-9/h4-13,15,24,33,36H,3,14H2,1-2H3;1-6H,(H,10,11). The number of halogens is 4. The molecule has 3 aromatic carbocycles. The van der Waals surface area contributed by atoms with Crippen molar-refractivity contribution >= 4 is 27.5 Å². The molecule has 14 heteroatoms. The molecule has 0 fully saturated rings. The molecule has 0 aliphatic heterocycles. The number of aromatic amines is 1. The predicted octanol–water partition coefficient (Wildman–Crippen LogP) is 5.94. The summed E-state index contributed by atoms with van der Waals surface area (Å²) in [5, 5.41) is 15.2. The molecule has 0 saturated heterocycles. The van der Waals surface area contributed by atoms with Gasteiger partial charge in [0.2, 0.25) is 11.2 Å². The van der Waals surface area contributed by atoms with E-state index in [0.29, 0.717) is 10.9 Å². The lowest BCUT2D eigenvalue weighted by Gasteiger charge is -2.38. The summed E-state index contributed by atoms with van der Waals surface area (Å²) < 4.78 is 69.1. The summed E-state index contributed by atoms with van der Waals surface area (Å²) >= 11 is 0. The Kier molecular flexibility index (Phi) is 10.4. The van der Waals surface area contributed by atoms with E-state index >= 15 is 0 Å². The second-order valence-corrected chi connectivity index (χ2v) is 10.8. The summed E-state index contributed by atoms with van der Waals surface area (Å²) in [5.74, 6) is -0.829. The molecule has 49 heavy (non-hydrogen) atoms. The summed E-state index contributed by atoms with van der Waals surface area (Å²) in [4.78, 5) is 34.2. The van der Waals surface area contributed by atoms with E-state index in [-0.39, 0.29) is 35.0 Å². The van der Waals surface area contributed by atoms with E-state index in [1.165, 1.54) is 79.7 Å². The van der Waals surface area contributed by atoms with Crippen molar-refractivity contribution in [3.63, 3.8) is 0 Å². The van der Waals surface area contributed by atoms with Gasteiger partial charge in [-0.3, -0.25) is 14.2 Å². The molecule has 254 valence electrons. The van der Waals surface area contributed by atoms with Gasteiger partial charge in [-0.05, 0) is 66.4 Å². The van der Waals surface area contributed by atoms with Crippen LogP contribution in [0.5, 0.6) is 5.75 Å². The van der Waals surface area contributed by atoms with Crippen LogP contribution < -0.4 is 21.2 Å². The molecule has 0 saturated carbocycles. The number of hydrogen-bond donors (Lipinski definition) is 3. The minimum absolute atomic E-state index is 0.0521.